The van der Waals surface area contributed by atoms with Gasteiger partial charge in [-0.15, -0.1) is 0 Å². The van der Waals surface area contributed by atoms with Crippen LogP contribution in [0.3, 0.4) is 0 Å². The number of hydrogen-bond donors (Lipinski definition) is 1. The van der Waals surface area contributed by atoms with Crippen LogP contribution >= 0.6 is 0 Å². The van der Waals surface area contributed by atoms with Crippen LogP contribution in [0.5, 0.6) is 0 Å². The van der Waals surface area contributed by atoms with Gasteiger partial charge in [-0.3, -0.25) is 4.55 Å². The summed E-state index contributed by atoms with van der Waals surface area (Å²) in [6.07, 6.45) is 3.23. The van der Waals surface area contributed by atoms with Crippen molar-refractivity contribution in [2.24, 2.45) is 17.3 Å². The van der Waals surface area contributed by atoms with Gasteiger partial charge in [0.25, 0.3) is 10.1 Å². The molecule has 3 unspecified atom stereocenters. The molecule has 4 nitrogen and oxygen atoms in total. The Morgan fingerprint density at radius 2 is 2.06 bits per heavy atom. The van der Waals surface area contributed by atoms with Crippen molar-refractivity contribution in [3.05, 3.63) is 0 Å². The summed E-state index contributed by atoms with van der Waals surface area (Å²) >= 11 is 0. The van der Waals surface area contributed by atoms with Gasteiger partial charge in [0, 0.05) is 5.92 Å². The van der Waals surface area contributed by atoms with Crippen molar-refractivity contribution in [1.82, 2.24) is 0 Å². The van der Waals surface area contributed by atoms with Crippen molar-refractivity contribution >= 4 is 10.1 Å². The lowest BCUT2D eigenvalue weighted by Crippen LogP contribution is -2.47. The number of fused-ring (bicyclic) bond motifs is 1. The van der Waals surface area contributed by atoms with E-state index in [1.165, 1.54) is 0 Å². The molecule has 1 heterocycles. The molecule has 2 saturated carbocycles. The summed E-state index contributed by atoms with van der Waals surface area (Å²) < 4.78 is 36.9. The molecule has 3 rings (SSSR count). The van der Waals surface area contributed by atoms with Gasteiger partial charge in [-0.05, 0) is 30.6 Å². The Morgan fingerprint density at radius 3 is 2.69 bits per heavy atom. The smallest absolute Gasteiger partial charge is 0.265 e. The number of epoxide rings is 1. The third kappa shape index (κ3) is 1.19. The van der Waals surface area contributed by atoms with Gasteiger partial charge in [0.1, 0.15) is 5.60 Å². The minimum absolute atomic E-state index is 0.0266. The van der Waals surface area contributed by atoms with Crippen LogP contribution in [0, 0.1) is 17.3 Å². The molecule has 0 radical (unpaired) electrons. The zero-order chi connectivity index (χ0) is 11.8. The fraction of sp³-hybridized carbons (Fsp3) is 1.00. The van der Waals surface area contributed by atoms with Gasteiger partial charge in [0.15, 0.2) is 0 Å². The monoisotopic (exact) mass is 246 g/mol. The zero-order valence-electron chi connectivity index (χ0n) is 9.64. The molecule has 0 aromatic heterocycles. The number of ether oxygens (including phenoxy) is 1. The molecule has 1 spiro atoms. The Balaban J connectivity index is 1.93. The first-order valence-electron chi connectivity index (χ1n) is 5.90. The summed E-state index contributed by atoms with van der Waals surface area (Å²) in [6.45, 7) is 4.36. The van der Waals surface area contributed by atoms with E-state index in [-0.39, 0.29) is 28.8 Å². The van der Waals surface area contributed by atoms with Gasteiger partial charge >= 0.3 is 0 Å². The highest BCUT2D eigenvalue weighted by Crippen LogP contribution is 2.71. The fourth-order valence-electron chi connectivity index (χ4n) is 4.31. The van der Waals surface area contributed by atoms with Crippen LogP contribution in [0.1, 0.15) is 33.1 Å². The van der Waals surface area contributed by atoms with Gasteiger partial charge in [-0.2, -0.15) is 8.42 Å². The maximum atomic E-state index is 11.0. The molecule has 4 atom stereocenters. The van der Waals surface area contributed by atoms with E-state index in [0.29, 0.717) is 5.92 Å². The quantitative estimate of drug-likeness (QED) is 0.592. The summed E-state index contributed by atoms with van der Waals surface area (Å²) in [5.41, 5.74) is -0.197. The molecule has 3 fully saturated rings. The average Bonchev–Trinajstić information content (AvgIpc) is 2.76. The van der Waals surface area contributed by atoms with Crippen LogP contribution < -0.4 is 0 Å². The van der Waals surface area contributed by atoms with Crippen molar-refractivity contribution in [2.75, 3.05) is 5.75 Å². The first kappa shape index (κ1) is 11.0. The molecule has 0 amide bonds. The Morgan fingerprint density at radius 1 is 1.38 bits per heavy atom. The largest absolute Gasteiger partial charge is 0.365 e. The maximum Gasteiger partial charge on any atom is 0.265 e. The summed E-state index contributed by atoms with van der Waals surface area (Å²) in [7, 11) is -3.89. The van der Waals surface area contributed by atoms with Crippen LogP contribution in [-0.4, -0.2) is 30.4 Å². The molecule has 92 valence electrons. The Kier molecular flexibility index (Phi) is 1.93. The first-order valence-corrected chi connectivity index (χ1v) is 7.51. The molecule has 1 saturated heterocycles. The normalized spacial score (nSPS) is 48.8. The zero-order valence-corrected chi connectivity index (χ0v) is 10.5. The van der Waals surface area contributed by atoms with Crippen LogP contribution in [0.25, 0.3) is 0 Å². The second-order valence-corrected chi connectivity index (χ2v) is 7.57. The van der Waals surface area contributed by atoms with Gasteiger partial charge < -0.3 is 4.74 Å². The molecule has 1 aliphatic heterocycles. The molecule has 1 N–H and O–H groups in total. The molecule has 5 heteroatoms. The minimum Gasteiger partial charge on any atom is -0.365 e. The lowest BCUT2D eigenvalue weighted by Gasteiger charge is -2.44. The fourth-order valence-corrected chi connectivity index (χ4v) is 5.23. The van der Waals surface area contributed by atoms with Gasteiger partial charge in [0.05, 0.1) is 11.9 Å². The number of rotatable bonds is 2. The molecule has 0 aromatic rings. The van der Waals surface area contributed by atoms with Gasteiger partial charge in [0.2, 0.25) is 0 Å². The van der Waals surface area contributed by atoms with E-state index in [1.54, 1.807) is 0 Å². The summed E-state index contributed by atoms with van der Waals surface area (Å²) in [6, 6.07) is 0. The second kappa shape index (κ2) is 2.82. The van der Waals surface area contributed by atoms with E-state index in [2.05, 4.69) is 13.8 Å². The highest BCUT2D eigenvalue weighted by Gasteiger charge is 2.77. The van der Waals surface area contributed by atoms with E-state index in [1.807, 2.05) is 0 Å². The summed E-state index contributed by atoms with van der Waals surface area (Å²) in [4.78, 5) is 0. The molecule has 16 heavy (non-hydrogen) atoms. The highest BCUT2D eigenvalue weighted by molar-refractivity contribution is 7.85. The highest BCUT2D eigenvalue weighted by atomic mass is 32.2. The second-order valence-electron chi connectivity index (χ2n) is 6.08. The first-order chi connectivity index (χ1) is 7.27. The van der Waals surface area contributed by atoms with Crippen molar-refractivity contribution in [3.8, 4) is 0 Å². The van der Waals surface area contributed by atoms with E-state index in [4.69, 9.17) is 9.29 Å². The van der Waals surface area contributed by atoms with Crippen LogP contribution in [0.2, 0.25) is 0 Å². The SMILES string of the molecule is CC1(C)C2CCC(CS(=O)(=O)O)[C@@]13OC3C2. The predicted molar refractivity (Wildman–Crippen MR) is 58.6 cm³/mol. The van der Waals surface area contributed by atoms with Crippen molar-refractivity contribution < 1.29 is 17.7 Å². The lowest BCUT2D eigenvalue weighted by molar-refractivity contribution is -0.0105. The van der Waals surface area contributed by atoms with Crippen molar-refractivity contribution in [3.63, 3.8) is 0 Å². The van der Waals surface area contributed by atoms with E-state index < -0.39 is 10.1 Å². The number of hydrogen-bond acceptors (Lipinski definition) is 3. The molecule has 0 aromatic carbocycles. The predicted octanol–water partition coefficient (Wildman–Crippen LogP) is 1.47. The minimum atomic E-state index is -3.89. The third-order valence-electron chi connectivity index (χ3n) is 5.17. The van der Waals surface area contributed by atoms with Crippen molar-refractivity contribution in [1.29, 1.82) is 0 Å². The van der Waals surface area contributed by atoms with Crippen molar-refractivity contribution in [2.45, 2.75) is 44.8 Å². The molecule has 3 aliphatic rings. The summed E-state index contributed by atoms with van der Waals surface area (Å²) in [5.74, 6) is 0.491. The molecule has 2 aliphatic carbocycles. The molecular formula is C11H18O4S. The standard InChI is InChI=1S/C11H18O4S/c1-10(2)7-3-4-8(6-16(12,13)14)11(10)9(5-7)15-11/h7-9H,3-6H2,1-2H3,(H,12,13,14)/t7?,8?,9?,11-/m0/s1. The maximum absolute atomic E-state index is 11.0. The Bertz CT molecular complexity index is 427. The van der Waals surface area contributed by atoms with Crippen LogP contribution in [0.4, 0.5) is 0 Å². The van der Waals surface area contributed by atoms with Crippen LogP contribution in [-0.2, 0) is 14.9 Å². The molecule has 2 bridgehead atoms. The Hall–Kier alpha value is -0.130. The van der Waals surface area contributed by atoms with Gasteiger partial charge in [-0.25, -0.2) is 0 Å². The third-order valence-corrected chi connectivity index (χ3v) is 5.99. The molecular weight excluding hydrogens is 228 g/mol. The van der Waals surface area contributed by atoms with E-state index in [9.17, 15) is 8.42 Å². The average molecular weight is 246 g/mol. The lowest BCUT2D eigenvalue weighted by atomic mass is 9.62. The van der Waals surface area contributed by atoms with Gasteiger partial charge in [-0.1, -0.05) is 13.8 Å². The summed E-state index contributed by atoms with van der Waals surface area (Å²) in [5, 5.41) is 0. The Labute approximate surface area is 96.1 Å². The van der Waals surface area contributed by atoms with Crippen LogP contribution in [0.15, 0.2) is 0 Å². The van der Waals surface area contributed by atoms with E-state index in [0.717, 1.165) is 19.3 Å². The van der Waals surface area contributed by atoms with E-state index >= 15 is 0 Å². The topological polar surface area (TPSA) is 66.9 Å².